The highest BCUT2D eigenvalue weighted by Crippen LogP contribution is 2.17. The van der Waals surface area contributed by atoms with Gasteiger partial charge < -0.3 is 10.1 Å². The maximum absolute atomic E-state index is 11.7. The topological polar surface area (TPSA) is 101 Å². The Morgan fingerprint density at radius 3 is 3.05 bits per heavy atom. The molecule has 0 fully saturated rings. The standard InChI is InChI=1S/C13H19N5O3S/c1-3-4-9-7-10(19)15-12-16-17-13(18(9)12)22-8-11(20)14-5-6-21-2/h7H,3-6,8H2,1-2H3,(H,14,20)(H,15,16,19). The fourth-order valence-corrected chi connectivity index (χ4v) is 2.77. The third-order valence-electron chi connectivity index (χ3n) is 2.92. The minimum atomic E-state index is -0.197. The van der Waals surface area contributed by atoms with Gasteiger partial charge >= 0.3 is 0 Å². The summed E-state index contributed by atoms with van der Waals surface area (Å²) in [5, 5.41) is 11.3. The molecule has 2 N–H and O–H groups in total. The Morgan fingerprint density at radius 2 is 2.32 bits per heavy atom. The van der Waals surface area contributed by atoms with Gasteiger partial charge in [0, 0.05) is 25.4 Å². The van der Waals surface area contributed by atoms with Gasteiger partial charge in [0.15, 0.2) is 5.16 Å². The SMILES string of the molecule is CCCc1cc(=O)[nH]c2nnc(SCC(=O)NCCOC)n12. The molecule has 0 aliphatic rings. The molecular formula is C13H19N5O3S. The molecule has 0 bridgehead atoms. The van der Waals surface area contributed by atoms with Crippen molar-refractivity contribution < 1.29 is 9.53 Å². The molecule has 0 saturated carbocycles. The van der Waals surface area contributed by atoms with Crippen LogP contribution >= 0.6 is 11.8 Å². The molecule has 0 spiro atoms. The molecule has 2 aromatic heterocycles. The number of H-pyrrole nitrogens is 1. The molecule has 9 heteroatoms. The molecule has 120 valence electrons. The number of methoxy groups -OCH3 is 1. The molecule has 0 radical (unpaired) electrons. The number of nitrogens with zero attached hydrogens (tertiary/aromatic N) is 3. The first kappa shape index (κ1) is 16.5. The van der Waals surface area contributed by atoms with E-state index in [1.165, 1.54) is 11.8 Å². The summed E-state index contributed by atoms with van der Waals surface area (Å²) < 4.78 is 6.66. The molecule has 0 aliphatic carbocycles. The second kappa shape index (κ2) is 7.95. The number of fused-ring (bicyclic) bond motifs is 1. The van der Waals surface area contributed by atoms with Gasteiger partial charge in [0.25, 0.3) is 5.56 Å². The zero-order chi connectivity index (χ0) is 15.9. The van der Waals surface area contributed by atoms with Crippen LogP contribution in [0.25, 0.3) is 5.78 Å². The Bertz CT molecular complexity index is 697. The van der Waals surface area contributed by atoms with Crippen LogP contribution < -0.4 is 10.9 Å². The van der Waals surface area contributed by atoms with E-state index in [2.05, 4.69) is 20.5 Å². The number of aromatic nitrogens is 4. The third-order valence-corrected chi connectivity index (χ3v) is 3.85. The molecule has 0 aromatic carbocycles. The Kier molecular flexibility index (Phi) is 5.96. The van der Waals surface area contributed by atoms with Crippen molar-refractivity contribution in [2.75, 3.05) is 26.0 Å². The van der Waals surface area contributed by atoms with Crippen molar-refractivity contribution in [2.45, 2.75) is 24.9 Å². The van der Waals surface area contributed by atoms with Crippen LogP contribution in [0.4, 0.5) is 0 Å². The van der Waals surface area contributed by atoms with Gasteiger partial charge in [-0.25, -0.2) is 0 Å². The van der Waals surface area contributed by atoms with Gasteiger partial charge in [0.2, 0.25) is 11.7 Å². The molecule has 0 atom stereocenters. The number of thioether (sulfide) groups is 1. The first-order valence-corrected chi connectivity index (χ1v) is 8.00. The van der Waals surface area contributed by atoms with Crippen LogP contribution in [0.1, 0.15) is 19.0 Å². The molecule has 22 heavy (non-hydrogen) atoms. The van der Waals surface area contributed by atoms with Crippen molar-refractivity contribution in [3.8, 4) is 0 Å². The second-order valence-electron chi connectivity index (χ2n) is 4.65. The van der Waals surface area contributed by atoms with Gasteiger partial charge in [-0.3, -0.25) is 19.0 Å². The fourth-order valence-electron chi connectivity index (χ4n) is 1.98. The molecule has 0 unspecified atom stereocenters. The van der Waals surface area contributed by atoms with Gasteiger partial charge in [-0.2, -0.15) is 0 Å². The lowest BCUT2D eigenvalue weighted by Crippen LogP contribution is -2.28. The van der Waals surface area contributed by atoms with E-state index in [9.17, 15) is 9.59 Å². The van der Waals surface area contributed by atoms with Crippen LogP contribution in [0.2, 0.25) is 0 Å². The summed E-state index contributed by atoms with van der Waals surface area (Å²) in [4.78, 5) is 25.9. The van der Waals surface area contributed by atoms with Crippen molar-refractivity contribution >= 4 is 23.4 Å². The summed E-state index contributed by atoms with van der Waals surface area (Å²) in [5.74, 6) is 0.536. The zero-order valence-electron chi connectivity index (χ0n) is 12.6. The number of hydrogen-bond donors (Lipinski definition) is 2. The fraction of sp³-hybridized carbons (Fsp3) is 0.538. The van der Waals surface area contributed by atoms with Crippen LogP contribution in [-0.2, 0) is 16.0 Å². The highest BCUT2D eigenvalue weighted by molar-refractivity contribution is 7.99. The number of hydrogen-bond acceptors (Lipinski definition) is 6. The quantitative estimate of drug-likeness (QED) is 0.532. The van der Waals surface area contributed by atoms with E-state index in [0.717, 1.165) is 18.5 Å². The van der Waals surface area contributed by atoms with Crippen molar-refractivity contribution in [3.05, 3.63) is 22.1 Å². The predicted molar refractivity (Wildman–Crippen MR) is 83.2 cm³/mol. The van der Waals surface area contributed by atoms with Crippen LogP contribution in [0.5, 0.6) is 0 Å². The predicted octanol–water partition coefficient (Wildman–Crippen LogP) is 0.225. The van der Waals surface area contributed by atoms with Crippen molar-refractivity contribution in [2.24, 2.45) is 0 Å². The lowest BCUT2D eigenvalue weighted by Gasteiger charge is -2.06. The minimum absolute atomic E-state index is 0.0970. The lowest BCUT2D eigenvalue weighted by atomic mass is 10.2. The molecule has 0 aliphatic heterocycles. The number of ether oxygens (including phenoxy) is 1. The Hall–Kier alpha value is -1.87. The lowest BCUT2D eigenvalue weighted by molar-refractivity contribution is -0.118. The zero-order valence-corrected chi connectivity index (χ0v) is 13.4. The van der Waals surface area contributed by atoms with Gasteiger partial charge in [0.05, 0.1) is 12.4 Å². The van der Waals surface area contributed by atoms with Crippen LogP contribution in [-0.4, -0.2) is 51.5 Å². The average Bonchev–Trinajstić information content (AvgIpc) is 2.88. The average molecular weight is 325 g/mol. The number of aromatic amines is 1. The van der Waals surface area contributed by atoms with E-state index in [1.807, 2.05) is 6.92 Å². The van der Waals surface area contributed by atoms with Gasteiger partial charge in [-0.05, 0) is 6.42 Å². The van der Waals surface area contributed by atoms with Crippen LogP contribution in [0, 0.1) is 0 Å². The molecule has 2 heterocycles. The third kappa shape index (κ3) is 4.08. The van der Waals surface area contributed by atoms with E-state index >= 15 is 0 Å². The van der Waals surface area contributed by atoms with E-state index < -0.39 is 0 Å². The number of carbonyl (C=O) groups excluding carboxylic acids is 1. The molecule has 8 nitrogen and oxygen atoms in total. The van der Waals surface area contributed by atoms with Crippen molar-refractivity contribution in [1.29, 1.82) is 0 Å². The number of nitrogens with one attached hydrogen (secondary N) is 2. The maximum Gasteiger partial charge on any atom is 0.252 e. The number of carbonyl (C=O) groups is 1. The first-order valence-electron chi connectivity index (χ1n) is 7.01. The number of aryl methyl sites for hydroxylation is 1. The Morgan fingerprint density at radius 1 is 1.50 bits per heavy atom. The highest BCUT2D eigenvalue weighted by Gasteiger charge is 2.13. The summed E-state index contributed by atoms with van der Waals surface area (Å²) in [6, 6.07) is 1.54. The highest BCUT2D eigenvalue weighted by atomic mass is 32.2. The van der Waals surface area contributed by atoms with E-state index in [1.54, 1.807) is 17.6 Å². The summed E-state index contributed by atoms with van der Waals surface area (Å²) in [7, 11) is 1.58. The van der Waals surface area contributed by atoms with E-state index in [4.69, 9.17) is 4.74 Å². The van der Waals surface area contributed by atoms with Gasteiger partial charge in [-0.1, -0.05) is 25.1 Å². The summed E-state index contributed by atoms with van der Waals surface area (Å²) in [6.07, 6.45) is 1.64. The van der Waals surface area contributed by atoms with Gasteiger partial charge in [-0.15, -0.1) is 10.2 Å². The molecular weight excluding hydrogens is 306 g/mol. The van der Waals surface area contributed by atoms with Crippen LogP contribution in [0.15, 0.2) is 16.0 Å². The molecule has 2 aromatic rings. The Balaban J connectivity index is 2.11. The van der Waals surface area contributed by atoms with Gasteiger partial charge in [0.1, 0.15) is 0 Å². The number of amides is 1. The minimum Gasteiger partial charge on any atom is -0.383 e. The maximum atomic E-state index is 11.7. The smallest absolute Gasteiger partial charge is 0.252 e. The molecule has 2 rings (SSSR count). The van der Waals surface area contributed by atoms with Crippen molar-refractivity contribution in [1.82, 2.24) is 24.9 Å². The summed E-state index contributed by atoms with van der Waals surface area (Å²) in [5.41, 5.74) is 0.644. The summed E-state index contributed by atoms with van der Waals surface area (Å²) >= 11 is 1.28. The van der Waals surface area contributed by atoms with Crippen molar-refractivity contribution in [3.63, 3.8) is 0 Å². The Labute approximate surface area is 131 Å². The summed E-state index contributed by atoms with van der Waals surface area (Å²) in [6.45, 7) is 2.99. The van der Waals surface area contributed by atoms with Crippen LogP contribution in [0.3, 0.4) is 0 Å². The molecule has 0 saturated heterocycles. The van der Waals surface area contributed by atoms with E-state index in [0.29, 0.717) is 24.1 Å². The van der Waals surface area contributed by atoms with E-state index in [-0.39, 0.29) is 17.2 Å². The number of rotatable bonds is 8. The monoisotopic (exact) mass is 325 g/mol. The second-order valence-corrected chi connectivity index (χ2v) is 5.59. The largest absolute Gasteiger partial charge is 0.383 e. The first-order chi connectivity index (χ1) is 10.7. The molecule has 1 amide bonds. The normalized spacial score (nSPS) is 11.0.